The Morgan fingerprint density at radius 1 is 1.30 bits per heavy atom. The largest absolute Gasteiger partial charge is 0.484 e. The van der Waals surface area contributed by atoms with E-state index in [0.29, 0.717) is 28.1 Å². The van der Waals surface area contributed by atoms with Crippen LogP contribution in [0.25, 0.3) is 0 Å². The number of furan rings is 1. The molecule has 27 heavy (non-hydrogen) atoms. The van der Waals surface area contributed by atoms with Gasteiger partial charge >= 0.3 is 0 Å². The van der Waals surface area contributed by atoms with Crippen LogP contribution in [-0.2, 0) is 19.7 Å². The average Bonchev–Trinajstić information content (AvgIpc) is 3.27. The quantitative estimate of drug-likeness (QED) is 0.620. The molecule has 0 aliphatic heterocycles. The number of benzene rings is 1. The summed E-state index contributed by atoms with van der Waals surface area (Å²) in [6.45, 7) is 5.30. The van der Waals surface area contributed by atoms with Crippen LogP contribution in [-0.4, -0.2) is 15.7 Å². The third-order valence-electron chi connectivity index (χ3n) is 4.12. The van der Waals surface area contributed by atoms with Gasteiger partial charge in [-0.05, 0) is 38.1 Å². The second-order valence-corrected chi connectivity index (χ2v) is 6.65. The number of nitrogens with one attached hydrogen (secondary N) is 1. The minimum absolute atomic E-state index is 0.135. The zero-order chi connectivity index (χ0) is 19.4. The minimum Gasteiger partial charge on any atom is -0.484 e. The fourth-order valence-electron chi connectivity index (χ4n) is 2.56. The summed E-state index contributed by atoms with van der Waals surface area (Å²) in [6.07, 6.45) is 1.76. The standard InChI is InChI=1S/C19H19Cl2N3O3/c1-3-24-12(2)13(10-23-24)9-22-19(25)17-8-7-14(27-17)11-26-16-6-4-5-15(20)18(16)21/h4-8,10H,3,9,11H2,1-2H3,(H,22,25). The fraction of sp³-hybridized carbons (Fsp3) is 0.263. The molecule has 1 aromatic carbocycles. The van der Waals surface area contributed by atoms with E-state index in [0.717, 1.165) is 17.8 Å². The molecule has 0 aliphatic carbocycles. The van der Waals surface area contributed by atoms with Crippen molar-refractivity contribution in [3.63, 3.8) is 0 Å². The number of ether oxygens (including phenoxy) is 1. The Kier molecular flexibility index (Phi) is 6.08. The van der Waals surface area contributed by atoms with Crippen molar-refractivity contribution >= 4 is 29.1 Å². The van der Waals surface area contributed by atoms with Gasteiger partial charge in [-0.25, -0.2) is 0 Å². The highest BCUT2D eigenvalue weighted by Crippen LogP contribution is 2.32. The lowest BCUT2D eigenvalue weighted by Gasteiger charge is -2.07. The third kappa shape index (κ3) is 4.46. The van der Waals surface area contributed by atoms with Gasteiger partial charge in [0.1, 0.15) is 23.1 Å². The van der Waals surface area contributed by atoms with E-state index in [4.69, 9.17) is 32.4 Å². The smallest absolute Gasteiger partial charge is 0.287 e. The maximum absolute atomic E-state index is 12.3. The maximum atomic E-state index is 12.3. The molecule has 0 saturated heterocycles. The van der Waals surface area contributed by atoms with Crippen molar-refractivity contribution in [1.29, 1.82) is 0 Å². The monoisotopic (exact) mass is 407 g/mol. The highest BCUT2D eigenvalue weighted by atomic mass is 35.5. The summed E-state index contributed by atoms with van der Waals surface area (Å²) in [5.74, 6) is 0.873. The molecule has 0 fully saturated rings. The normalized spacial score (nSPS) is 10.8. The van der Waals surface area contributed by atoms with Gasteiger partial charge in [-0.15, -0.1) is 0 Å². The lowest BCUT2D eigenvalue weighted by Crippen LogP contribution is -2.22. The molecule has 0 bridgehead atoms. The summed E-state index contributed by atoms with van der Waals surface area (Å²) in [6, 6.07) is 8.43. The van der Waals surface area contributed by atoms with Crippen LogP contribution in [0.3, 0.4) is 0 Å². The van der Waals surface area contributed by atoms with Crippen molar-refractivity contribution in [2.24, 2.45) is 0 Å². The lowest BCUT2D eigenvalue weighted by molar-refractivity contribution is 0.0919. The highest BCUT2D eigenvalue weighted by Gasteiger charge is 2.14. The number of halogens is 2. The van der Waals surface area contributed by atoms with E-state index in [2.05, 4.69) is 10.4 Å². The first kappa shape index (κ1) is 19.3. The van der Waals surface area contributed by atoms with Crippen molar-refractivity contribution in [3.8, 4) is 5.75 Å². The molecule has 8 heteroatoms. The predicted molar refractivity (Wildman–Crippen MR) is 103 cm³/mol. The van der Waals surface area contributed by atoms with E-state index in [1.165, 1.54) is 0 Å². The number of carbonyl (C=O) groups is 1. The number of carbonyl (C=O) groups excluding carboxylic acids is 1. The van der Waals surface area contributed by atoms with Gasteiger partial charge in [0.15, 0.2) is 5.76 Å². The Hall–Kier alpha value is -2.44. The van der Waals surface area contributed by atoms with Crippen LogP contribution in [0, 0.1) is 6.92 Å². The Labute approximate surface area is 167 Å². The molecule has 2 heterocycles. The van der Waals surface area contributed by atoms with Crippen LogP contribution >= 0.6 is 23.2 Å². The van der Waals surface area contributed by atoms with Crippen LogP contribution in [0.5, 0.6) is 5.75 Å². The molecule has 6 nitrogen and oxygen atoms in total. The van der Waals surface area contributed by atoms with Crippen molar-refractivity contribution in [2.45, 2.75) is 33.5 Å². The van der Waals surface area contributed by atoms with Crippen LogP contribution in [0.1, 0.15) is 34.5 Å². The van der Waals surface area contributed by atoms with E-state index in [9.17, 15) is 4.79 Å². The van der Waals surface area contributed by atoms with Gasteiger partial charge in [0.2, 0.25) is 0 Å². The molecular formula is C19H19Cl2N3O3. The van der Waals surface area contributed by atoms with Gasteiger partial charge < -0.3 is 14.5 Å². The van der Waals surface area contributed by atoms with Gasteiger partial charge in [0.25, 0.3) is 5.91 Å². The summed E-state index contributed by atoms with van der Waals surface area (Å²) < 4.78 is 13.0. The van der Waals surface area contributed by atoms with Crippen LogP contribution in [0.4, 0.5) is 0 Å². The van der Waals surface area contributed by atoms with Crippen molar-refractivity contribution in [1.82, 2.24) is 15.1 Å². The van der Waals surface area contributed by atoms with E-state index in [-0.39, 0.29) is 18.3 Å². The molecule has 3 aromatic rings. The molecule has 0 radical (unpaired) electrons. The number of hydrogen-bond donors (Lipinski definition) is 1. The molecule has 0 saturated carbocycles. The average molecular weight is 408 g/mol. The Morgan fingerprint density at radius 2 is 2.11 bits per heavy atom. The summed E-state index contributed by atoms with van der Waals surface area (Å²) >= 11 is 12.0. The SMILES string of the molecule is CCn1ncc(CNC(=O)c2ccc(COc3cccc(Cl)c3Cl)o2)c1C. The number of rotatable bonds is 7. The third-order valence-corrected chi connectivity index (χ3v) is 4.92. The number of amides is 1. The fourth-order valence-corrected chi connectivity index (χ4v) is 2.91. The second-order valence-electron chi connectivity index (χ2n) is 5.86. The predicted octanol–water partition coefficient (Wildman–Crippen LogP) is 4.62. The zero-order valence-electron chi connectivity index (χ0n) is 15.0. The number of nitrogens with zero attached hydrogens (tertiary/aromatic N) is 2. The number of aryl methyl sites for hydroxylation is 1. The van der Waals surface area contributed by atoms with Crippen LogP contribution < -0.4 is 10.1 Å². The van der Waals surface area contributed by atoms with Crippen LogP contribution in [0.2, 0.25) is 10.0 Å². The minimum atomic E-state index is -0.300. The van der Waals surface area contributed by atoms with Crippen molar-refractivity contribution in [2.75, 3.05) is 0 Å². The topological polar surface area (TPSA) is 69.3 Å². The van der Waals surface area contributed by atoms with E-state index in [1.54, 1.807) is 36.5 Å². The maximum Gasteiger partial charge on any atom is 0.287 e. The van der Waals surface area contributed by atoms with Gasteiger partial charge in [-0.3, -0.25) is 9.48 Å². The zero-order valence-corrected chi connectivity index (χ0v) is 16.5. The Morgan fingerprint density at radius 3 is 2.85 bits per heavy atom. The summed E-state index contributed by atoms with van der Waals surface area (Å²) in [4.78, 5) is 12.3. The molecule has 0 spiro atoms. The summed E-state index contributed by atoms with van der Waals surface area (Å²) in [5.41, 5.74) is 2.00. The molecule has 3 rings (SSSR count). The first-order chi connectivity index (χ1) is 13.0. The van der Waals surface area contributed by atoms with E-state index >= 15 is 0 Å². The van der Waals surface area contributed by atoms with Gasteiger partial charge in [-0.1, -0.05) is 29.3 Å². The lowest BCUT2D eigenvalue weighted by atomic mass is 10.2. The molecule has 142 valence electrons. The van der Waals surface area contributed by atoms with E-state index < -0.39 is 0 Å². The second kappa shape index (κ2) is 8.50. The number of hydrogen-bond acceptors (Lipinski definition) is 4. The highest BCUT2D eigenvalue weighted by molar-refractivity contribution is 6.42. The number of aromatic nitrogens is 2. The molecule has 0 aliphatic rings. The van der Waals surface area contributed by atoms with E-state index in [1.807, 2.05) is 18.5 Å². The van der Waals surface area contributed by atoms with Crippen molar-refractivity contribution in [3.05, 3.63) is 69.4 Å². The first-order valence-electron chi connectivity index (χ1n) is 8.44. The molecule has 0 unspecified atom stereocenters. The Balaban J connectivity index is 1.57. The molecular weight excluding hydrogens is 389 g/mol. The molecule has 0 atom stereocenters. The Bertz CT molecular complexity index is 950. The summed E-state index contributed by atoms with van der Waals surface area (Å²) in [5, 5.41) is 7.84. The van der Waals surface area contributed by atoms with Crippen LogP contribution in [0.15, 0.2) is 40.9 Å². The summed E-state index contributed by atoms with van der Waals surface area (Å²) in [7, 11) is 0. The molecule has 1 amide bonds. The van der Waals surface area contributed by atoms with Gasteiger partial charge in [0, 0.05) is 24.3 Å². The van der Waals surface area contributed by atoms with Crippen molar-refractivity contribution < 1.29 is 13.9 Å². The molecule has 2 aromatic heterocycles. The molecule has 1 N–H and O–H groups in total. The van der Waals surface area contributed by atoms with Gasteiger partial charge in [-0.2, -0.15) is 5.10 Å². The first-order valence-corrected chi connectivity index (χ1v) is 9.20. The van der Waals surface area contributed by atoms with Gasteiger partial charge in [0.05, 0.1) is 11.2 Å².